The van der Waals surface area contributed by atoms with Crippen molar-refractivity contribution in [3.05, 3.63) is 46.9 Å². The first-order chi connectivity index (χ1) is 13.1. The number of hydrogen-bond acceptors (Lipinski definition) is 4. The Bertz CT molecular complexity index is 980. The number of H-pyrrole nitrogens is 1. The van der Waals surface area contributed by atoms with Crippen molar-refractivity contribution in [2.45, 2.75) is 45.6 Å². The second-order valence-electron chi connectivity index (χ2n) is 7.20. The lowest BCUT2D eigenvalue weighted by Gasteiger charge is -2.18. The molecule has 2 heterocycles. The second kappa shape index (κ2) is 7.34. The maximum absolute atomic E-state index is 12.7. The third-order valence-electron chi connectivity index (χ3n) is 5.12. The van der Waals surface area contributed by atoms with Gasteiger partial charge < -0.3 is 10.2 Å². The summed E-state index contributed by atoms with van der Waals surface area (Å²) >= 11 is 0. The second-order valence-corrected chi connectivity index (χ2v) is 7.20. The molecule has 0 saturated carbocycles. The van der Waals surface area contributed by atoms with Crippen LogP contribution in [0.15, 0.2) is 24.3 Å². The van der Waals surface area contributed by atoms with Gasteiger partial charge in [0.25, 0.3) is 0 Å². The summed E-state index contributed by atoms with van der Waals surface area (Å²) < 4.78 is 0. The SMILES string of the molecule is Cc1cc2c(NC(=O)N(C)Cc3n[nH]c4c3CCCCC4)cccc2nn1. The maximum Gasteiger partial charge on any atom is 0.321 e. The van der Waals surface area contributed by atoms with Crippen LogP contribution in [0.3, 0.4) is 0 Å². The zero-order valence-corrected chi connectivity index (χ0v) is 15.7. The van der Waals surface area contributed by atoms with Gasteiger partial charge in [-0.3, -0.25) is 5.10 Å². The number of rotatable bonds is 3. The Balaban J connectivity index is 1.51. The summed E-state index contributed by atoms with van der Waals surface area (Å²) in [6.45, 7) is 2.38. The predicted molar refractivity (Wildman–Crippen MR) is 105 cm³/mol. The summed E-state index contributed by atoms with van der Waals surface area (Å²) in [5.74, 6) is 0. The third kappa shape index (κ3) is 3.63. The molecule has 1 aliphatic rings. The van der Waals surface area contributed by atoms with Gasteiger partial charge in [-0.15, -0.1) is 0 Å². The van der Waals surface area contributed by atoms with E-state index in [0.29, 0.717) is 6.54 Å². The van der Waals surface area contributed by atoms with E-state index in [9.17, 15) is 4.79 Å². The lowest BCUT2D eigenvalue weighted by atomic mass is 10.1. The fourth-order valence-electron chi connectivity index (χ4n) is 3.64. The summed E-state index contributed by atoms with van der Waals surface area (Å²) in [6, 6.07) is 7.42. The molecule has 0 radical (unpaired) electrons. The third-order valence-corrected chi connectivity index (χ3v) is 5.12. The van der Waals surface area contributed by atoms with E-state index in [2.05, 4.69) is 25.7 Å². The van der Waals surface area contributed by atoms with Gasteiger partial charge in [0, 0.05) is 18.1 Å². The van der Waals surface area contributed by atoms with Crippen LogP contribution in [0.4, 0.5) is 10.5 Å². The van der Waals surface area contributed by atoms with Crippen LogP contribution in [0.25, 0.3) is 10.9 Å². The van der Waals surface area contributed by atoms with Crippen LogP contribution in [-0.2, 0) is 19.4 Å². The first kappa shape index (κ1) is 17.5. The molecule has 0 bridgehead atoms. The average molecular weight is 364 g/mol. The molecular weight excluding hydrogens is 340 g/mol. The number of carbonyl (C=O) groups excluding carboxylic acids is 1. The van der Waals surface area contributed by atoms with E-state index < -0.39 is 0 Å². The van der Waals surface area contributed by atoms with Crippen molar-refractivity contribution in [1.82, 2.24) is 25.3 Å². The molecule has 2 amide bonds. The van der Waals surface area contributed by atoms with Crippen molar-refractivity contribution >= 4 is 22.6 Å². The Labute approximate surface area is 158 Å². The van der Waals surface area contributed by atoms with E-state index >= 15 is 0 Å². The van der Waals surface area contributed by atoms with Crippen LogP contribution in [0, 0.1) is 6.92 Å². The molecule has 0 unspecified atom stereocenters. The molecule has 1 aromatic carbocycles. The number of nitrogens with zero attached hydrogens (tertiary/aromatic N) is 4. The molecule has 140 valence electrons. The first-order valence-electron chi connectivity index (χ1n) is 9.42. The van der Waals surface area contributed by atoms with Crippen molar-refractivity contribution in [3.8, 4) is 0 Å². The van der Waals surface area contributed by atoms with Gasteiger partial charge in [0.2, 0.25) is 0 Å². The number of carbonyl (C=O) groups is 1. The largest absolute Gasteiger partial charge is 0.322 e. The van der Waals surface area contributed by atoms with Crippen molar-refractivity contribution in [1.29, 1.82) is 0 Å². The molecule has 0 atom stereocenters. The highest BCUT2D eigenvalue weighted by Gasteiger charge is 2.19. The molecule has 3 aromatic rings. The molecule has 7 heteroatoms. The maximum atomic E-state index is 12.7. The number of fused-ring (bicyclic) bond motifs is 2. The van der Waals surface area contributed by atoms with E-state index in [1.165, 1.54) is 30.5 Å². The first-order valence-corrected chi connectivity index (χ1v) is 9.42. The molecule has 0 fully saturated rings. The zero-order valence-electron chi connectivity index (χ0n) is 15.7. The average Bonchev–Trinajstić information content (AvgIpc) is 2.88. The van der Waals surface area contributed by atoms with Gasteiger partial charge >= 0.3 is 6.03 Å². The number of benzene rings is 1. The number of hydrogen-bond donors (Lipinski definition) is 2. The quantitative estimate of drug-likeness (QED) is 0.695. The van der Waals surface area contributed by atoms with Gasteiger partial charge in [0.05, 0.1) is 29.1 Å². The number of anilines is 1. The molecule has 1 aliphatic carbocycles. The Morgan fingerprint density at radius 3 is 2.96 bits per heavy atom. The van der Waals surface area contributed by atoms with Gasteiger partial charge in [-0.25, -0.2) is 4.79 Å². The van der Waals surface area contributed by atoms with Gasteiger partial charge in [-0.1, -0.05) is 12.5 Å². The monoisotopic (exact) mass is 364 g/mol. The lowest BCUT2D eigenvalue weighted by molar-refractivity contribution is 0.220. The fraction of sp³-hybridized carbons (Fsp3) is 0.400. The van der Waals surface area contributed by atoms with Crippen molar-refractivity contribution in [3.63, 3.8) is 0 Å². The summed E-state index contributed by atoms with van der Waals surface area (Å²) in [5, 5.41) is 19.8. The smallest absolute Gasteiger partial charge is 0.321 e. The number of aryl methyl sites for hydroxylation is 2. The number of aromatic nitrogens is 4. The number of urea groups is 1. The van der Waals surface area contributed by atoms with E-state index in [0.717, 1.165) is 40.8 Å². The number of nitrogens with one attached hydrogen (secondary N) is 2. The van der Waals surface area contributed by atoms with Crippen LogP contribution in [0.5, 0.6) is 0 Å². The fourth-order valence-corrected chi connectivity index (χ4v) is 3.64. The highest BCUT2D eigenvalue weighted by molar-refractivity contribution is 6.00. The van der Waals surface area contributed by atoms with Crippen molar-refractivity contribution in [2.24, 2.45) is 0 Å². The van der Waals surface area contributed by atoms with E-state index in [4.69, 9.17) is 0 Å². The van der Waals surface area contributed by atoms with Crippen LogP contribution in [-0.4, -0.2) is 38.4 Å². The van der Waals surface area contributed by atoms with E-state index in [1.807, 2.05) is 31.2 Å². The van der Waals surface area contributed by atoms with E-state index in [-0.39, 0.29) is 6.03 Å². The molecule has 0 spiro atoms. The summed E-state index contributed by atoms with van der Waals surface area (Å²) in [7, 11) is 1.79. The highest BCUT2D eigenvalue weighted by Crippen LogP contribution is 2.24. The number of aromatic amines is 1. The minimum Gasteiger partial charge on any atom is -0.322 e. The topological polar surface area (TPSA) is 86.8 Å². The van der Waals surface area contributed by atoms with E-state index in [1.54, 1.807) is 11.9 Å². The molecule has 0 aliphatic heterocycles. The Kier molecular flexibility index (Phi) is 4.75. The molecule has 0 saturated heterocycles. The van der Waals surface area contributed by atoms with Gasteiger partial charge in [-0.2, -0.15) is 15.3 Å². The van der Waals surface area contributed by atoms with Gasteiger partial charge in [0.15, 0.2) is 0 Å². The molecule has 7 nitrogen and oxygen atoms in total. The van der Waals surface area contributed by atoms with Crippen LogP contribution >= 0.6 is 0 Å². The molecule has 2 aromatic heterocycles. The number of amides is 2. The highest BCUT2D eigenvalue weighted by atomic mass is 16.2. The van der Waals surface area contributed by atoms with Crippen LogP contribution in [0.2, 0.25) is 0 Å². The molecular formula is C20H24N6O. The lowest BCUT2D eigenvalue weighted by Crippen LogP contribution is -2.31. The molecule has 2 N–H and O–H groups in total. The van der Waals surface area contributed by atoms with Crippen LogP contribution in [0.1, 0.15) is 41.9 Å². The van der Waals surface area contributed by atoms with Crippen LogP contribution < -0.4 is 5.32 Å². The Morgan fingerprint density at radius 1 is 1.22 bits per heavy atom. The Morgan fingerprint density at radius 2 is 2.07 bits per heavy atom. The summed E-state index contributed by atoms with van der Waals surface area (Å²) in [4.78, 5) is 14.4. The van der Waals surface area contributed by atoms with Gasteiger partial charge in [0.1, 0.15) is 0 Å². The minimum absolute atomic E-state index is 0.165. The molecule has 27 heavy (non-hydrogen) atoms. The Hall–Kier alpha value is -2.96. The van der Waals surface area contributed by atoms with Gasteiger partial charge in [-0.05, 0) is 56.4 Å². The summed E-state index contributed by atoms with van der Waals surface area (Å²) in [5.41, 5.74) is 5.82. The standard InChI is InChI=1S/C20H24N6O/c1-13-11-15-16(9-6-10-18(15)23-22-13)21-20(27)26(2)12-19-14-7-4-3-5-8-17(14)24-25-19/h6,9-11H,3-5,7-8,12H2,1-2H3,(H,21,27)(H,24,25). The minimum atomic E-state index is -0.165. The zero-order chi connectivity index (χ0) is 18.8. The normalized spacial score (nSPS) is 13.9. The summed E-state index contributed by atoms with van der Waals surface area (Å²) in [6.07, 6.45) is 5.73. The molecule has 4 rings (SSSR count). The van der Waals surface area contributed by atoms with Crippen molar-refractivity contribution in [2.75, 3.05) is 12.4 Å². The van der Waals surface area contributed by atoms with Crippen molar-refractivity contribution < 1.29 is 4.79 Å². The predicted octanol–water partition coefficient (Wildman–Crippen LogP) is 3.59.